The number of carbonyl (C=O) groups is 1. The molecule has 2 aromatic rings. The van der Waals surface area contributed by atoms with Crippen LogP contribution in [0.4, 0.5) is 10.5 Å². The summed E-state index contributed by atoms with van der Waals surface area (Å²) >= 11 is 12.1. The molecule has 0 bridgehead atoms. The van der Waals surface area contributed by atoms with Crippen LogP contribution in [0.25, 0.3) is 0 Å². The van der Waals surface area contributed by atoms with Gasteiger partial charge in [-0.15, -0.1) is 0 Å². The third-order valence-corrected chi connectivity index (χ3v) is 4.98. The monoisotopic (exact) mass is 438 g/mol. The lowest BCUT2D eigenvalue weighted by atomic mass is 10.2. The quantitative estimate of drug-likeness (QED) is 0.463. The number of anilines is 1. The van der Waals surface area contributed by atoms with Crippen LogP contribution in [-0.2, 0) is 22.6 Å². The highest BCUT2D eigenvalue weighted by molar-refractivity contribution is 6.42. The molecule has 158 valence electrons. The number of halogens is 2. The van der Waals surface area contributed by atoms with Crippen LogP contribution in [0.2, 0.25) is 10.0 Å². The molecule has 0 heterocycles. The molecule has 2 aromatic carbocycles. The van der Waals surface area contributed by atoms with E-state index in [2.05, 4.69) is 5.32 Å². The number of rotatable bonds is 10. The zero-order valence-corrected chi connectivity index (χ0v) is 18.6. The van der Waals surface area contributed by atoms with E-state index in [1.54, 1.807) is 17.0 Å². The minimum Gasteiger partial charge on any atom is -0.379 e. The topological polar surface area (TPSA) is 50.8 Å². The normalized spacial score (nSPS) is 11.0. The molecule has 0 aliphatic heterocycles. The van der Waals surface area contributed by atoms with Gasteiger partial charge in [0.05, 0.1) is 29.9 Å². The van der Waals surface area contributed by atoms with Gasteiger partial charge in [0.25, 0.3) is 0 Å². The van der Waals surface area contributed by atoms with Crippen molar-refractivity contribution in [3.05, 3.63) is 63.6 Å². The summed E-state index contributed by atoms with van der Waals surface area (Å²) in [5, 5.41) is 3.94. The van der Waals surface area contributed by atoms with Crippen LogP contribution < -0.4 is 5.32 Å². The van der Waals surface area contributed by atoms with E-state index < -0.39 is 0 Å². The summed E-state index contributed by atoms with van der Waals surface area (Å²) < 4.78 is 10.9. The Hall–Kier alpha value is -1.79. The fourth-order valence-electron chi connectivity index (χ4n) is 2.71. The van der Waals surface area contributed by atoms with Gasteiger partial charge >= 0.3 is 6.03 Å². The number of hydrogen-bond donors (Lipinski definition) is 1. The Balaban J connectivity index is 1.98. The van der Waals surface area contributed by atoms with Crippen molar-refractivity contribution in [3.8, 4) is 0 Å². The maximum absolute atomic E-state index is 12.9. The number of urea groups is 1. The van der Waals surface area contributed by atoms with Crippen molar-refractivity contribution in [1.29, 1.82) is 0 Å². The number of benzene rings is 2. The molecular formula is C22H28Cl2N2O3. The molecule has 5 nitrogen and oxygen atoms in total. The lowest BCUT2D eigenvalue weighted by Crippen LogP contribution is -2.39. The van der Waals surface area contributed by atoms with Crippen LogP contribution >= 0.6 is 23.2 Å². The first-order valence-electron chi connectivity index (χ1n) is 9.66. The molecule has 0 saturated heterocycles. The van der Waals surface area contributed by atoms with Crippen molar-refractivity contribution in [2.24, 2.45) is 0 Å². The minimum absolute atomic E-state index is 0.00883. The van der Waals surface area contributed by atoms with E-state index in [9.17, 15) is 4.79 Å². The summed E-state index contributed by atoms with van der Waals surface area (Å²) in [4.78, 5) is 14.6. The van der Waals surface area contributed by atoms with E-state index in [4.69, 9.17) is 32.7 Å². The number of amides is 2. The van der Waals surface area contributed by atoms with Gasteiger partial charge in [0.1, 0.15) is 0 Å². The van der Waals surface area contributed by atoms with E-state index >= 15 is 0 Å². The molecule has 0 saturated carbocycles. The molecule has 0 aliphatic rings. The second kappa shape index (κ2) is 12.0. The fraction of sp³-hybridized carbons (Fsp3) is 0.409. The van der Waals surface area contributed by atoms with Crippen molar-refractivity contribution in [2.45, 2.75) is 40.0 Å². The molecule has 7 heteroatoms. The van der Waals surface area contributed by atoms with Gasteiger partial charge < -0.3 is 19.7 Å². The maximum Gasteiger partial charge on any atom is 0.322 e. The summed E-state index contributed by atoms with van der Waals surface area (Å²) in [5.41, 5.74) is 2.63. The fourth-order valence-corrected chi connectivity index (χ4v) is 3.03. The zero-order chi connectivity index (χ0) is 21.2. The van der Waals surface area contributed by atoms with E-state index in [1.807, 2.05) is 51.1 Å². The minimum atomic E-state index is -0.180. The molecule has 0 spiro atoms. The number of ether oxygens (including phenoxy) is 2. The lowest BCUT2D eigenvalue weighted by Gasteiger charge is -2.27. The number of carbonyl (C=O) groups excluding carboxylic acids is 1. The molecule has 0 unspecified atom stereocenters. The largest absolute Gasteiger partial charge is 0.379 e. The number of nitrogens with zero attached hydrogens (tertiary/aromatic N) is 1. The van der Waals surface area contributed by atoms with Crippen LogP contribution in [0.3, 0.4) is 0 Å². The second-order valence-corrected chi connectivity index (χ2v) is 7.66. The first-order valence-corrected chi connectivity index (χ1v) is 10.4. The Morgan fingerprint density at radius 2 is 1.79 bits per heavy atom. The third kappa shape index (κ3) is 7.86. The van der Waals surface area contributed by atoms with Crippen LogP contribution in [0.5, 0.6) is 0 Å². The Morgan fingerprint density at radius 1 is 1.03 bits per heavy atom. The van der Waals surface area contributed by atoms with E-state index in [-0.39, 0.29) is 12.1 Å². The van der Waals surface area contributed by atoms with Crippen molar-refractivity contribution in [1.82, 2.24) is 4.90 Å². The van der Waals surface area contributed by atoms with Crippen LogP contribution in [0, 0.1) is 0 Å². The van der Waals surface area contributed by atoms with Crippen molar-refractivity contribution in [3.63, 3.8) is 0 Å². The predicted octanol–water partition coefficient (Wildman–Crippen LogP) is 5.99. The average Bonchev–Trinajstić information content (AvgIpc) is 2.68. The molecule has 0 radical (unpaired) electrons. The highest BCUT2D eigenvalue weighted by Gasteiger charge is 2.18. The molecule has 29 heavy (non-hydrogen) atoms. The van der Waals surface area contributed by atoms with Gasteiger partial charge in [0, 0.05) is 24.9 Å². The molecule has 0 aliphatic carbocycles. The predicted molar refractivity (Wildman–Crippen MR) is 119 cm³/mol. The van der Waals surface area contributed by atoms with Crippen LogP contribution in [0.15, 0.2) is 42.5 Å². The summed E-state index contributed by atoms with van der Waals surface area (Å²) in [6.45, 7) is 8.59. The highest BCUT2D eigenvalue weighted by atomic mass is 35.5. The molecular weight excluding hydrogens is 411 g/mol. The highest BCUT2D eigenvalue weighted by Crippen LogP contribution is 2.24. The average molecular weight is 439 g/mol. The smallest absolute Gasteiger partial charge is 0.322 e. The summed E-state index contributed by atoms with van der Waals surface area (Å²) in [6.07, 6.45) is 0. The third-order valence-electron chi connectivity index (χ3n) is 4.24. The van der Waals surface area contributed by atoms with Crippen molar-refractivity contribution >= 4 is 34.9 Å². The van der Waals surface area contributed by atoms with Crippen LogP contribution in [-0.4, -0.2) is 36.8 Å². The van der Waals surface area contributed by atoms with Gasteiger partial charge in [-0.2, -0.15) is 0 Å². The molecule has 2 amide bonds. The molecule has 1 N–H and O–H groups in total. The Labute approximate surface area is 182 Å². The van der Waals surface area contributed by atoms with Crippen LogP contribution in [0.1, 0.15) is 31.9 Å². The van der Waals surface area contributed by atoms with Crippen molar-refractivity contribution < 1.29 is 14.3 Å². The SMILES string of the molecule is CCOCCOCc1cccc(NC(=O)N(Cc2ccc(Cl)c(Cl)c2)C(C)C)c1. The van der Waals surface area contributed by atoms with Gasteiger partial charge in [0.15, 0.2) is 0 Å². The first-order chi connectivity index (χ1) is 13.9. The Bertz CT molecular complexity index is 799. The Kier molecular flexibility index (Phi) is 9.74. The van der Waals surface area contributed by atoms with Gasteiger partial charge in [-0.05, 0) is 56.2 Å². The summed E-state index contributed by atoms with van der Waals surface area (Å²) in [5.74, 6) is 0. The molecule has 0 aromatic heterocycles. The maximum atomic E-state index is 12.9. The van der Waals surface area contributed by atoms with E-state index in [0.29, 0.717) is 43.0 Å². The molecule has 2 rings (SSSR count). The summed E-state index contributed by atoms with van der Waals surface area (Å²) in [6, 6.07) is 12.9. The van der Waals surface area contributed by atoms with Crippen molar-refractivity contribution in [2.75, 3.05) is 25.1 Å². The lowest BCUT2D eigenvalue weighted by molar-refractivity contribution is 0.0453. The second-order valence-electron chi connectivity index (χ2n) is 6.85. The number of hydrogen-bond acceptors (Lipinski definition) is 3. The molecule has 0 fully saturated rings. The standard InChI is InChI=1S/C22H28Cl2N2O3/c1-4-28-10-11-29-15-18-6-5-7-19(12-18)25-22(27)26(16(2)3)14-17-8-9-20(23)21(24)13-17/h5-9,12-13,16H,4,10-11,14-15H2,1-3H3,(H,25,27). The van der Waals surface area contributed by atoms with Gasteiger partial charge in [-0.3, -0.25) is 0 Å². The van der Waals surface area contributed by atoms with E-state index in [1.165, 1.54) is 0 Å². The first kappa shape index (κ1) is 23.5. The van der Waals surface area contributed by atoms with E-state index in [0.717, 1.165) is 16.8 Å². The van der Waals surface area contributed by atoms with Gasteiger partial charge in [-0.25, -0.2) is 4.79 Å². The summed E-state index contributed by atoms with van der Waals surface area (Å²) in [7, 11) is 0. The molecule has 0 atom stereocenters. The van der Waals surface area contributed by atoms with Gasteiger partial charge in [-0.1, -0.05) is 41.4 Å². The number of nitrogens with one attached hydrogen (secondary N) is 1. The Morgan fingerprint density at radius 3 is 2.48 bits per heavy atom. The zero-order valence-electron chi connectivity index (χ0n) is 17.1. The van der Waals surface area contributed by atoms with Gasteiger partial charge in [0.2, 0.25) is 0 Å².